The Morgan fingerprint density at radius 1 is 1.17 bits per heavy atom. The number of nitrogens with zero attached hydrogens (tertiary/aromatic N) is 2. The SMILES string of the molecule is C=C/C(C#N)=C(\C=C)c1cccc(OCC(O)CN2CCc3ccccc3C2)c1. The minimum Gasteiger partial charge on any atom is -0.491 e. The van der Waals surface area contributed by atoms with Crippen molar-refractivity contribution in [1.82, 2.24) is 4.90 Å². The lowest BCUT2D eigenvalue weighted by molar-refractivity contribution is 0.0638. The topological polar surface area (TPSA) is 56.5 Å². The van der Waals surface area contributed by atoms with Gasteiger partial charge in [-0.05, 0) is 40.8 Å². The molecule has 0 bridgehead atoms. The van der Waals surface area contributed by atoms with Gasteiger partial charge >= 0.3 is 0 Å². The second kappa shape index (κ2) is 9.88. The van der Waals surface area contributed by atoms with E-state index in [4.69, 9.17) is 4.74 Å². The minimum atomic E-state index is -0.582. The van der Waals surface area contributed by atoms with Crippen molar-refractivity contribution in [3.63, 3.8) is 0 Å². The summed E-state index contributed by atoms with van der Waals surface area (Å²) >= 11 is 0. The van der Waals surface area contributed by atoms with E-state index in [1.807, 2.05) is 24.3 Å². The van der Waals surface area contributed by atoms with E-state index >= 15 is 0 Å². The van der Waals surface area contributed by atoms with E-state index in [-0.39, 0.29) is 6.61 Å². The zero-order valence-corrected chi connectivity index (χ0v) is 16.6. The van der Waals surface area contributed by atoms with Gasteiger partial charge in [0.05, 0.1) is 11.6 Å². The fourth-order valence-corrected chi connectivity index (χ4v) is 3.61. The van der Waals surface area contributed by atoms with Crippen LogP contribution in [-0.4, -0.2) is 35.8 Å². The molecule has 3 rings (SSSR count). The van der Waals surface area contributed by atoms with Crippen molar-refractivity contribution >= 4 is 5.57 Å². The fraction of sp³-hybridized carbons (Fsp3) is 0.240. The molecule has 2 aromatic rings. The van der Waals surface area contributed by atoms with E-state index in [1.165, 1.54) is 17.2 Å². The Morgan fingerprint density at radius 3 is 2.69 bits per heavy atom. The standard InChI is InChI=1S/C25H26N2O2/c1-3-19(15-26)25(4-2)21-10-7-11-24(14-21)29-18-23(28)17-27-13-12-20-8-5-6-9-22(20)16-27/h3-11,14,23,28H,1-2,12-13,16-18H2/b25-19-. The molecule has 1 aliphatic rings. The van der Waals surface area contributed by atoms with Gasteiger partial charge in [0.25, 0.3) is 0 Å². The highest BCUT2D eigenvalue weighted by molar-refractivity contribution is 5.81. The molecule has 0 saturated carbocycles. The zero-order chi connectivity index (χ0) is 20.6. The average molecular weight is 386 g/mol. The number of aliphatic hydroxyl groups is 1. The van der Waals surface area contributed by atoms with Crippen molar-refractivity contribution in [3.05, 3.63) is 96.1 Å². The first-order valence-electron chi connectivity index (χ1n) is 9.74. The molecule has 0 amide bonds. The molecule has 1 heterocycles. The van der Waals surface area contributed by atoms with Gasteiger partial charge in [0.15, 0.2) is 0 Å². The Balaban J connectivity index is 1.59. The number of aliphatic hydroxyl groups excluding tert-OH is 1. The number of fused-ring (bicyclic) bond motifs is 1. The van der Waals surface area contributed by atoms with Gasteiger partial charge in [0.1, 0.15) is 18.5 Å². The van der Waals surface area contributed by atoms with Gasteiger partial charge in [-0.2, -0.15) is 5.26 Å². The highest BCUT2D eigenvalue weighted by atomic mass is 16.5. The third-order valence-corrected chi connectivity index (χ3v) is 5.08. The summed E-state index contributed by atoms with van der Waals surface area (Å²) in [7, 11) is 0. The molecule has 1 aliphatic heterocycles. The molecular formula is C25H26N2O2. The lowest BCUT2D eigenvalue weighted by atomic mass is 10.00. The maximum absolute atomic E-state index is 10.5. The summed E-state index contributed by atoms with van der Waals surface area (Å²) in [6.45, 7) is 10.1. The van der Waals surface area contributed by atoms with Crippen molar-refractivity contribution < 1.29 is 9.84 Å². The summed E-state index contributed by atoms with van der Waals surface area (Å²) in [5.74, 6) is 0.645. The number of benzene rings is 2. The van der Waals surface area contributed by atoms with Crippen LogP contribution in [0.25, 0.3) is 5.57 Å². The first-order valence-corrected chi connectivity index (χ1v) is 9.74. The Morgan fingerprint density at radius 2 is 1.97 bits per heavy atom. The van der Waals surface area contributed by atoms with Crippen LogP contribution in [0.4, 0.5) is 0 Å². The van der Waals surface area contributed by atoms with Crippen molar-refractivity contribution in [1.29, 1.82) is 5.26 Å². The summed E-state index contributed by atoms with van der Waals surface area (Å²) < 4.78 is 5.82. The number of nitriles is 1. The predicted octanol–water partition coefficient (Wildman–Crippen LogP) is 4.13. The van der Waals surface area contributed by atoms with Crippen LogP contribution in [0.1, 0.15) is 16.7 Å². The second-order valence-electron chi connectivity index (χ2n) is 7.09. The van der Waals surface area contributed by atoms with E-state index in [0.29, 0.717) is 23.4 Å². The van der Waals surface area contributed by atoms with Crippen molar-refractivity contribution in [2.75, 3.05) is 19.7 Å². The van der Waals surface area contributed by atoms with Crippen molar-refractivity contribution in [2.24, 2.45) is 0 Å². The second-order valence-corrected chi connectivity index (χ2v) is 7.09. The Hall–Kier alpha value is -3.13. The molecule has 0 saturated heterocycles. The normalized spacial score (nSPS) is 15.4. The molecule has 148 valence electrons. The quantitative estimate of drug-likeness (QED) is 0.547. The fourth-order valence-electron chi connectivity index (χ4n) is 3.61. The third-order valence-electron chi connectivity index (χ3n) is 5.08. The lowest BCUT2D eigenvalue weighted by Crippen LogP contribution is -2.38. The van der Waals surface area contributed by atoms with Crippen molar-refractivity contribution in [3.8, 4) is 11.8 Å². The van der Waals surface area contributed by atoms with Crippen LogP contribution in [-0.2, 0) is 13.0 Å². The molecule has 0 aliphatic carbocycles. The van der Waals surface area contributed by atoms with Gasteiger partial charge in [-0.1, -0.05) is 61.7 Å². The van der Waals surface area contributed by atoms with Gasteiger partial charge in [0.2, 0.25) is 0 Å². The lowest BCUT2D eigenvalue weighted by Gasteiger charge is -2.30. The first-order chi connectivity index (χ1) is 14.1. The number of hydrogen-bond donors (Lipinski definition) is 1. The van der Waals surface area contributed by atoms with Gasteiger partial charge in [0, 0.05) is 19.6 Å². The molecular weight excluding hydrogens is 360 g/mol. The van der Waals surface area contributed by atoms with Gasteiger partial charge < -0.3 is 9.84 Å². The minimum absolute atomic E-state index is 0.210. The van der Waals surface area contributed by atoms with Crippen molar-refractivity contribution in [2.45, 2.75) is 19.1 Å². The predicted molar refractivity (Wildman–Crippen MR) is 116 cm³/mol. The van der Waals surface area contributed by atoms with E-state index in [0.717, 1.165) is 25.1 Å². The molecule has 1 atom stereocenters. The van der Waals surface area contributed by atoms with Crippen LogP contribution in [0.15, 0.2) is 79.4 Å². The number of β-amino-alcohol motifs (C(OH)–C–C–N with tert-alkyl or cyclic N) is 1. The maximum atomic E-state index is 10.5. The van der Waals surface area contributed by atoms with Crippen LogP contribution >= 0.6 is 0 Å². The Bertz CT molecular complexity index is 955. The molecule has 1 unspecified atom stereocenters. The first kappa shape index (κ1) is 20.6. The summed E-state index contributed by atoms with van der Waals surface area (Å²) in [4.78, 5) is 2.26. The highest BCUT2D eigenvalue weighted by Crippen LogP contribution is 2.24. The molecule has 0 spiro atoms. The summed E-state index contributed by atoms with van der Waals surface area (Å²) in [6.07, 6.45) is 3.58. The van der Waals surface area contributed by atoms with Gasteiger partial charge in [-0.3, -0.25) is 4.90 Å². The average Bonchev–Trinajstić information content (AvgIpc) is 2.76. The van der Waals surface area contributed by atoms with Crippen LogP contribution in [0.5, 0.6) is 5.75 Å². The number of hydrogen-bond acceptors (Lipinski definition) is 4. The van der Waals surface area contributed by atoms with Gasteiger partial charge in [-0.25, -0.2) is 0 Å². The number of ether oxygens (including phenoxy) is 1. The molecule has 1 N–H and O–H groups in total. The molecule has 4 nitrogen and oxygen atoms in total. The molecule has 0 fully saturated rings. The van der Waals surface area contributed by atoms with E-state index in [2.05, 4.69) is 48.4 Å². The summed E-state index contributed by atoms with van der Waals surface area (Å²) in [5, 5.41) is 19.7. The van der Waals surface area contributed by atoms with Crippen LogP contribution in [0, 0.1) is 11.3 Å². The summed E-state index contributed by atoms with van der Waals surface area (Å²) in [6, 6.07) is 18.0. The highest BCUT2D eigenvalue weighted by Gasteiger charge is 2.18. The molecule has 4 heteroatoms. The smallest absolute Gasteiger partial charge is 0.120 e. The van der Waals surface area contributed by atoms with E-state index < -0.39 is 6.10 Å². The molecule has 29 heavy (non-hydrogen) atoms. The Kier molecular flexibility index (Phi) is 7.02. The molecule has 2 aromatic carbocycles. The third kappa shape index (κ3) is 5.23. The van der Waals surface area contributed by atoms with E-state index in [9.17, 15) is 10.4 Å². The number of rotatable bonds is 8. The van der Waals surface area contributed by atoms with Crippen LogP contribution in [0.2, 0.25) is 0 Å². The summed E-state index contributed by atoms with van der Waals surface area (Å²) in [5.41, 5.74) is 4.73. The largest absolute Gasteiger partial charge is 0.491 e. The van der Waals surface area contributed by atoms with Crippen LogP contribution in [0.3, 0.4) is 0 Å². The zero-order valence-electron chi connectivity index (χ0n) is 16.6. The monoisotopic (exact) mass is 386 g/mol. The Labute approximate surface area is 172 Å². The molecule has 0 radical (unpaired) electrons. The maximum Gasteiger partial charge on any atom is 0.120 e. The van der Waals surface area contributed by atoms with E-state index in [1.54, 1.807) is 6.08 Å². The van der Waals surface area contributed by atoms with Gasteiger partial charge in [-0.15, -0.1) is 0 Å². The number of allylic oxidation sites excluding steroid dienone is 4. The van der Waals surface area contributed by atoms with Crippen LogP contribution < -0.4 is 4.74 Å². The molecule has 0 aromatic heterocycles.